The zero-order valence-corrected chi connectivity index (χ0v) is 10.1. The second kappa shape index (κ2) is 3.83. The Kier molecular flexibility index (Phi) is 2.39. The predicted octanol–water partition coefficient (Wildman–Crippen LogP) is 2.12. The van der Waals surface area contributed by atoms with Crippen molar-refractivity contribution < 1.29 is 18.3 Å². The fourth-order valence-corrected chi connectivity index (χ4v) is 3.76. The van der Waals surface area contributed by atoms with Gasteiger partial charge in [-0.2, -0.15) is 0 Å². The first-order valence-electron chi connectivity index (χ1n) is 5.39. The highest BCUT2D eigenvalue weighted by atomic mass is 32.2. The van der Waals surface area contributed by atoms with Gasteiger partial charge in [0.1, 0.15) is 21.3 Å². The predicted molar refractivity (Wildman–Crippen MR) is 64.3 cm³/mol. The number of sulfone groups is 1. The third-order valence-corrected chi connectivity index (χ3v) is 4.78. The van der Waals surface area contributed by atoms with Crippen molar-refractivity contribution in [2.75, 3.05) is 0 Å². The Bertz CT molecular complexity index is 720. The molecule has 0 saturated carbocycles. The molecule has 92 valence electrons. The molecule has 3 rings (SSSR count). The van der Waals surface area contributed by atoms with E-state index in [2.05, 4.69) is 0 Å². The van der Waals surface area contributed by atoms with Gasteiger partial charge in [0.05, 0.1) is 6.61 Å². The van der Waals surface area contributed by atoms with Crippen LogP contribution in [0.5, 0.6) is 11.5 Å². The summed E-state index contributed by atoms with van der Waals surface area (Å²) < 4.78 is 30.5. The van der Waals surface area contributed by atoms with Gasteiger partial charge in [-0.05, 0) is 18.2 Å². The van der Waals surface area contributed by atoms with Crippen LogP contribution in [-0.4, -0.2) is 13.5 Å². The van der Waals surface area contributed by atoms with Gasteiger partial charge in [-0.1, -0.05) is 24.3 Å². The number of hydrogen-bond donors (Lipinski definition) is 1. The molecule has 0 unspecified atom stereocenters. The zero-order valence-electron chi connectivity index (χ0n) is 9.33. The van der Waals surface area contributed by atoms with Gasteiger partial charge < -0.3 is 9.84 Å². The molecule has 1 aliphatic rings. The Balaban J connectivity index is 2.37. The lowest BCUT2D eigenvalue weighted by Gasteiger charge is -2.21. The molecule has 5 heteroatoms. The van der Waals surface area contributed by atoms with E-state index in [4.69, 9.17) is 4.74 Å². The maximum atomic E-state index is 12.5. The van der Waals surface area contributed by atoms with Crippen molar-refractivity contribution in [2.45, 2.75) is 16.4 Å². The van der Waals surface area contributed by atoms with Gasteiger partial charge in [-0.25, -0.2) is 8.42 Å². The minimum Gasteiger partial charge on any atom is -0.455 e. The number of ether oxygens (including phenoxy) is 1. The van der Waals surface area contributed by atoms with Crippen molar-refractivity contribution >= 4 is 9.84 Å². The van der Waals surface area contributed by atoms with Gasteiger partial charge in [0.25, 0.3) is 0 Å². The highest BCUT2D eigenvalue weighted by molar-refractivity contribution is 7.91. The molecule has 0 fully saturated rings. The normalized spacial score (nSPS) is 15.4. The highest BCUT2D eigenvalue weighted by Gasteiger charge is 2.32. The number of benzene rings is 2. The third kappa shape index (κ3) is 1.45. The molecule has 4 nitrogen and oxygen atoms in total. The molecule has 0 aliphatic carbocycles. The molecule has 18 heavy (non-hydrogen) atoms. The van der Waals surface area contributed by atoms with Crippen molar-refractivity contribution in [3.8, 4) is 11.5 Å². The minimum absolute atomic E-state index is 0.0613. The summed E-state index contributed by atoms with van der Waals surface area (Å²) in [7, 11) is -3.63. The van der Waals surface area contributed by atoms with Crippen LogP contribution in [0.1, 0.15) is 5.56 Å². The molecule has 0 saturated heterocycles. The summed E-state index contributed by atoms with van der Waals surface area (Å²) in [5, 5.41) is 9.25. The smallest absolute Gasteiger partial charge is 0.214 e. The van der Waals surface area contributed by atoms with E-state index in [1.54, 1.807) is 36.4 Å². The summed E-state index contributed by atoms with van der Waals surface area (Å²) in [5.41, 5.74) is 0.349. The van der Waals surface area contributed by atoms with Crippen molar-refractivity contribution in [1.29, 1.82) is 0 Å². The quantitative estimate of drug-likeness (QED) is 0.729. The van der Waals surface area contributed by atoms with E-state index in [1.807, 2.05) is 0 Å². The van der Waals surface area contributed by atoms with Crippen LogP contribution in [0.3, 0.4) is 0 Å². The molecule has 2 aromatic rings. The topological polar surface area (TPSA) is 63.6 Å². The molecule has 1 N–H and O–H groups in total. The fourth-order valence-electron chi connectivity index (χ4n) is 2.06. The zero-order chi connectivity index (χ0) is 12.8. The van der Waals surface area contributed by atoms with E-state index in [1.165, 1.54) is 6.07 Å². The first-order chi connectivity index (χ1) is 8.64. The molecule has 0 atom stereocenters. The SMILES string of the molecule is O=S1(=O)c2ccccc2Oc2cccc(CO)c21. The van der Waals surface area contributed by atoms with E-state index in [0.717, 1.165) is 0 Å². The van der Waals surface area contributed by atoms with Gasteiger partial charge in [0.15, 0.2) is 0 Å². The Morgan fingerprint density at radius 3 is 2.50 bits per heavy atom. The van der Waals surface area contributed by atoms with E-state index >= 15 is 0 Å². The van der Waals surface area contributed by atoms with Crippen molar-refractivity contribution in [2.24, 2.45) is 0 Å². The largest absolute Gasteiger partial charge is 0.455 e. The lowest BCUT2D eigenvalue weighted by Crippen LogP contribution is -2.13. The van der Waals surface area contributed by atoms with Crippen molar-refractivity contribution in [1.82, 2.24) is 0 Å². The summed E-state index contributed by atoms with van der Waals surface area (Å²) in [6, 6.07) is 11.3. The van der Waals surface area contributed by atoms with E-state index < -0.39 is 9.84 Å². The Morgan fingerprint density at radius 1 is 1.00 bits per heavy atom. The van der Waals surface area contributed by atoms with Gasteiger partial charge in [-0.3, -0.25) is 0 Å². The summed E-state index contributed by atoms with van der Waals surface area (Å²) in [6.45, 7) is -0.339. The van der Waals surface area contributed by atoms with E-state index in [9.17, 15) is 13.5 Å². The molecule has 0 aromatic heterocycles. The number of aliphatic hydroxyl groups is 1. The average Bonchev–Trinajstić information content (AvgIpc) is 2.38. The molecule has 2 aromatic carbocycles. The van der Waals surface area contributed by atoms with Crippen LogP contribution in [-0.2, 0) is 16.4 Å². The average molecular weight is 262 g/mol. The number of hydrogen-bond acceptors (Lipinski definition) is 4. The van der Waals surface area contributed by atoms with Crippen molar-refractivity contribution in [3.05, 3.63) is 48.0 Å². The molecule has 0 amide bonds. The molecule has 0 spiro atoms. The van der Waals surface area contributed by atoms with E-state index in [0.29, 0.717) is 11.3 Å². The van der Waals surface area contributed by atoms with Crippen molar-refractivity contribution in [3.63, 3.8) is 0 Å². The summed E-state index contributed by atoms with van der Waals surface area (Å²) in [4.78, 5) is 0.199. The van der Waals surface area contributed by atoms with Gasteiger partial charge >= 0.3 is 0 Å². The lowest BCUT2D eigenvalue weighted by molar-refractivity contribution is 0.277. The standard InChI is InChI=1S/C13H10O4S/c14-8-9-4-3-6-11-13(9)18(15,16)12-7-2-1-5-10(12)17-11/h1-7,14H,8H2. The first kappa shape index (κ1) is 11.3. The van der Waals surface area contributed by atoms with Crippen LogP contribution < -0.4 is 4.74 Å². The number of rotatable bonds is 1. The maximum Gasteiger partial charge on any atom is 0.214 e. The van der Waals surface area contributed by atoms with Gasteiger partial charge in [0, 0.05) is 5.56 Å². The summed E-state index contributed by atoms with van der Waals surface area (Å²) in [6.07, 6.45) is 0. The molecular weight excluding hydrogens is 252 g/mol. The number of fused-ring (bicyclic) bond motifs is 2. The second-order valence-corrected chi connectivity index (χ2v) is 5.81. The third-order valence-electron chi connectivity index (χ3n) is 2.86. The summed E-state index contributed by atoms with van der Waals surface area (Å²) in [5.74, 6) is 0.584. The lowest BCUT2D eigenvalue weighted by atomic mass is 10.2. The molecule has 0 bridgehead atoms. The van der Waals surface area contributed by atoms with Crippen LogP contribution in [0.2, 0.25) is 0 Å². The molecule has 1 heterocycles. The van der Waals surface area contributed by atoms with Crippen LogP contribution in [0.4, 0.5) is 0 Å². The fraction of sp³-hybridized carbons (Fsp3) is 0.0769. The van der Waals surface area contributed by atoms with Gasteiger partial charge in [0.2, 0.25) is 9.84 Å². The second-order valence-electron chi connectivity index (χ2n) is 3.95. The van der Waals surface area contributed by atoms with Crippen LogP contribution in [0, 0.1) is 0 Å². The van der Waals surface area contributed by atoms with E-state index in [-0.39, 0.29) is 22.1 Å². The van der Waals surface area contributed by atoms with Crippen LogP contribution in [0.25, 0.3) is 0 Å². The Hall–Kier alpha value is -1.85. The Labute approximate surface area is 104 Å². The monoisotopic (exact) mass is 262 g/mol. The maximum absolute atomic E-state index is 12.5. The van der Waals surface area contributed by atoms with Gasteiger partial charge in [-0.15, -0.1) is 0 Å². The van der Waals surface area contributed by atoms with Crippen LogP contribution in [0.15, 0.2) is 52.3 Å². The number of aliphatic hydroxyl groups excluding tert-OH is 1. The number of para-hydroxylation sites is 1. The molecule has 0 radical (unpaired) electrons. The van der Waals surface area contributed by atoms with Crippen LogP contribution >= 0.6 is 0 Å². The summed E-state index contributed by atoms with van der Waals surface area (Å²) >= 11 is 0. The molecule has 1 aliphatic heterocycles. The Morgan fingerprint density at radius 2 is 1.72 bits per heavy atom. The first-order valence-corrected chi connectivity index (χ1v) is 6.87. The highest BCUT2D eigenvalue weighted by Crippen LogP contribution is 2.43. The minimum atomic E-state index is -3.63. The molecular formula is C13H10O4S.